The molecule has 0 aliphatic rings. The van der Waals surface area contributed by atoms with Crippen molar-refractivity contribution in [2.45, 2.75) is 0 Å². The number of ether oxygens (including phenoxy) is 6. The van der Waals surface area contributed by atoms with Crippen LogP contribution in [0.25, 0.3) is 21.5 Å². The number of fused-ring (bicyclic) bond motifs is 2. The van der Waals surface area contributed by atoms with E-state index in [1.807, 2.05) is 24.3 Å². The molecular weight excluding hydrogens is 336 g/mol. The molecule has 0 heterocycles. The van der Waals surface area contributed by atoms with Gasteiger partial charge in [0.15, 0.2) is 0 Å². The van der Waals surface area contributed by atoms with Crippen LogP contribution in [0.15, 0.2) is 24.3 Å². The molecule has 3 aromatic carbocycles. The van der Waals surface area contributed by atoms with Crippen LogP contribution >= 0.6 is 0 Å². The Kier molecular flexibility index (Phi) is 4.84. The van der Waals surface area contributed by atoms with Crippen molar-refractivity contribution in [2.24, 2.45) is 0 Å². The van der Waals surface area contributed by atoms with Crippen molar-refractivity contribution in [1.29, 1.82) is 0 Å². The zero-order valence-corrected chi connectivity index (χ0v) is 15.8. The fourth-order valence-electron chi connectivity index (χ4n) is 3.37. The molecular formula is C20H22O6. The summed E-state index contributed by atoms with van der Waals surface area (Å²) in [5.74, 6) is 3.76. The number of rotatable bonds is 6. The first-order valence-electron chi connectivity index (χ1n) is 8.00. The predicted octanol–water partition coefficient (Wildman–Crippen LogP) is 4.04. The second kappa shape index (κ2) is 7.07. The summed E-state index contributed by atoms with van der Waals surface area (Å²) in [5.41, 5.74) is 0. The van der Waals surface area contributed by atoms with Crippen molar-refractivity contribution in [3.63, 3.8) is 0 Å². The molecule has 0 saturated heterocycles. The zero-order valence-electron chi connectivity index (χ0n) is 15.8. The second-order valence-corrected chi connectivity index (χ2v) is 5.51. The van der Waals surface area contributed by atoms with Gasteiger partial charge in [-0.2, -0.15) is 0 Å². The SMILES string of the molecule is COc1ccc(OC)c2c(OC)c3c(OC)ccc(OC)c3c(OC)c12. The third kappa shape index (κ3) is 2.41. The van der Waals surface area contributed by atoms with Gasteiger partial charge in [-0.3, -0.25) is 0 Å². The Morgan fingerprint density at radius 2 is 0.615 bits per heavy atom. The fraction of sp³-hybridized carbons (Fsp3) is 0.300. The maximum absolute atomic E-state index is 5.80. The molecule has 0 aliphatic heterocycles. The van der Waals surface area contributed by atoms with Gasteiger partial charge < -0.3 is 28.4 Å². The van der Waals surface area contributed by atoms with Crippen LogP contribution in [0, 0.1) is 0 Å². The van der Waals surface area contributed by atoms with Crippen molar-refractivity contribution in [1.82, 2.24) is 0 Å². The van der Waals surface area contributed by atoms with Gasteiger partial charge in [0.2, 0.25) is 0 Å². The van der Waals surface area contributed by atoms with Gasteiger partial charge in [0.25, 0.3) is 0 Å². The Morgan fingerprint density at radius 3 is 0.769 bits per heavy atom. The standard InChI is InChI=1S/C20H22O6/c1-21-11-7-8-12(22-2)16-15(11)19(25-5)17-13(23-3)9-10-14(24-4)18(17)20(16)26-6/h7-10H,1-6H3. The Morgan fingerprint density at radius 1 is 0.385 bits per heavy atom. The first kappa shape index (κ1) is 17.8. The third-order valence-corrected chi connectivity index (χ3v) is 4.45. The lowest BCUT2D eigenvalue weighted by atomic mass is 9.97. The van der Waals surface area contributed by atoms with Crippen molar-refractivity contribution in [2.75, 3.05) is 42.7 Å². The van der Waals surface area contributed by atoms with Crippen molar-refractivity contribution in [3.05, 3.63) is 24.3 Å². The second-order valence-electron chi connectivity index (χ2n) is 5.51. The van der Waals surface area contributed by atoms with Gasteiger partial charge in [-0.05, 0) is 24.3 Å². The van der Waals surface area contributed by atoms with Crippen molar-refractivity contribution < 1.29 is 28.4 Å². The monoisotopic (exact) mass is 358 g/mol. The highest BCUT2D eigenvalue weighted by atomic mass is 16.5. The van der Waals surface area contributed by atoms with Crippen LogP contribution in [-0.4, -0.2) is 42.7 Å². The van der Waals surface area contributed by atoms with Gasteiger partial charge in [-0.1, -0.05) is 0 Å². The normalized spacial score (nSPS) is 10.7. The fourth-order valence-corrected chi connectivity index (χ4v) is 3.37. The van der Waals surface area contributed by atoms with Crippen LogP contribution in [0.5, 0.6) is 34.5 Å². The van der Waals surface area contributed by atoms with Gasteiger partial charge in [0.05, 0.1) is 64.2 Å². The van der Waals surface area contributed by atoms with Crippen LogP contribution < -0.4 is 28.4 Å². The largest absolute Gasteiger partial charge is 0.496 e. The molecule has 0 atom stereocenters. The molecule has 3 rings (SSSR count). The molecule has 6 nitrogen and oxygen atoms in total. The molecule has 0 unspecified atom stereocenters. The first-order chi connectivity index (χ1) is 12.7. The lowest BCUT2D eigenvalue weighted by molar-refractivity contribution is 0.388. The predicted molar refractivity (Wildman–Crippen MR) is 101 cm³/mol. The van der Waals surface area contributed by atoms with E-state index in [-0.39, 0.29) is 0 Å². The molecule has 0 spiro atoms. The highest BCUT2D eigenvalue weighted by molar-refractivity contribution is 6.18. The van der Waals surface area contributed by atoms with Crippen molar-refractivity contribution in [3.8, 4) is 34.5 Å². The molecule has 0 aromatic heterocycles. The molecule has 6 heteroatoms. The molecule has 0 N–H and O–H groups in total. The van der Waals surface area contributed by atoms with Crippen LogP contribution in [0.2, 0.25) is 0 Å². The Bertz CT molecular complexity index is 813. The minimum Gasteiger partial charge on any atom is -0.496 e. The summed E-state index contributed by atoms with van der Waals surface area (Å²) in [4.78, 5) is 0. The summed E-state index contributed by atoms with van der Waals surface area (Å²) in [5, 5.41) is 2.96. The molecule has 26 heavy (non-hydrogen) atoms. The molecule has 0 bridgehead atoms. The molecule has 3 aromatic rings. The summed E-state index contributed by atoms with van der Waals surface area (Å²) >= 11 is 0. The summed E-state index contributed by atoms with van der Waals surface area (Å²) in [7, 11) is 9.66. The van der Waals surface area contributed by atoms with Crippen LogP contribution in [-0.2, 0) is 0 Å². The average Bonchev–Trinajstić information content (AvgIpc) is 2.70. The van der Waals surface area contributed by atoms with E-state index in [2.05, 4.69) is 0 Å². The maximum Gasteiger partial charge on any atom is 0.142 e. The van der Waals surface area contributed by atoms with E-state index < -0.39 is 0 Å². The third-order valence-electron chi connectivity index (χ3n) is 4.45. The van der Waals surface area contributed by atoms with E-state index in [1.54, 1.807) is 42.7 Å². The highest BCUT2D eigenvalue weighted by Gasteiger charge is 2.26. The summed E-state index contributed by atoms with van der Waals surface area (Å²) < 4.78 is 33.9. The van der Waals surface area contributed by atoms with E-state index in [0.717, 1.165) is 21.5 Å². The summed E-state index contributed by atoms with van der Waals surface area (Å²) in [6.07, 6.45) is 0. The number of hydrogen-bond donors (Lipinski definition) is 0. The lowest BCUT2D eigenvalue weighted by Crippen LogP contribution is -2.00. The number of benzene rings is 3. The van der Waals surface area contributed by atoms with Crippen LogP contribution in [0.1, 0.15) is 0 Å². The first-order valence-corrected chi connectivity index (χ1v) is 8.00. The maximum atomic E-state index is 5.80. The van der Waals surface area contributed by atoms with Gasteiger partial charge in [-0.15, -0.1) is 0 Å². The highest BCUT2D eigenvalue weighted by Crippen LogP contribution is 2.54. The van der Waals surface area contributed by atoms with Gasteiger partial charge in [0, 0.05) is 0 Å². The van der Waals surface area contributed by atoms with E-state index >= 15 is 0 Å². The Labute approximate surface area is 152 Å². The van der Waals surface area contributed by atoms with E-state index in [0.29, 0.717) is 34.5 Å². The molecule has 0 aliphatic carbocycles. The average molecular weight is 358 g/mol. The Balaban J connectivity index is 2.74. The smallest absolute Gasteiger partial charge is 0.142 e. The number of methoxy groups -OCH3 is 6. The molecule has 138 valence electrons. The molecule has 0 amide bonds. The quantitative estimate of drug-likeness (QED) is 0.620. The van der Waals surface area contributed by atoms with Gasteiger partial charge in [-0.25, -0.2) is 0 Å². The molecule has 0 saturated carbocycles. The van der Waals surface area contributed by atoms with Crippen LogP contribution in [0.4, 0.5) is 0 Å². The number of hydrogen-bond acceptors (Lipinski definition) is 6. The molecule has 0 fully saturated rings. The Hall–Kier alpha value is -3.02. The van der Waals surface area contributed by atoms with E-state index in [9.17, 15) is 0 Å². The van der Waals surface area contributed by atoms with Crippen LogP contribution in [0.3, 0.4) is 0 Å². The lowest BCUT2D eigenvalue weighted by Gasteiger charge is -2.21. The molecule has 0 radical (unpaired) electrons. The zero-order chi connectivity index (χ0) is 18.8. The van der Waals surface area contributed by atoms with E-state index in [4.69, 9.17) is 28.4 Å². The van der Waals surface area contributed by atoms with E-state index in [1.165, 1.54) is 0 Å². The summed E-state index contributed by atoms with van der Waals surface area (Å²) in [6.45, 7) is 0. The van der Waals surface area contributed by atoms with Gasteiger partial charge >= 0.3 is 0 Å². The van der Waals surface area contributed by atoms with Crippen molar-refractivity contribution >= 4 is 21.5 Å². The minimum absolute atomic E-state index is 0.599. The van der Waals surface area contributed by atoms with Gasteiger partial charge in [0.1, 0.15) is 34.5 Å². The summed E-state index contributed by atoms with van der Waals surface area (Å²) in [6, 6.07) is 7.34. The minimum atomic E-state index is 0.599. The topological polar surface area (TPSA) is 55.4 Å².